The van der Waals surface area contributed by atoms with Crippen molar-refractivity contribution >= 4 is 65.4 Å². The molecule has 0 spiro atoms. The number of para-hydroxylation sites is 3. The maximum absolute atomic E-state index is 6.19. The van der Waals surface area contributed by atoms with Crippen LogP contribution in [0.1, 0.15) is 0 Å². The monoisotopic (exact) mass is 587 g/mol. The Hall–Kier alpha value is -6.26. The summed E-state index contributed by atoms with van der Waals surface area (Å²) >= 11 is 0. The zero-order chi connectivity index (χ0) is 30.2. The average molecular weight is 588 g/mol. The van der Waals surface area contributed by atoms with Gasteiger partial charge in [-0.2, -0.15) is 0 Å². The van der Waals surface area contributed by atoms with Crippen LogP contribution in [0.3, 0.4) is 0 Å². The van der Waals surface area contributed by atoms with E-state index < -0.39 is 0 Å². The summed E-state index contributed by atoms with van der Waals surface area (Å²) in [5, 5.41) is 7.92. The van der Waals surface area contributed by atoms with Crippen molar-refractivity contribution in [2.24, 2.45) is 0 Å². The van der Waals surface area contributed by atoms with E-state index >= 15 is 0 Å². The van der Waals surface area contributed by atoms with Crippen LogP contribution in [0.2, 0.25) is 0 Å². The molecule has 0 aliphatic heterocycles. The number of rotatable bonds is 3. The second-order valence-corrected chi connectivity index (χ2v) is 11.8. The highest BCUT2D eigenvalue weighted by atomic mass is 16.3. The molecule has 7 aromatic carbocycles. The topological polar surface area (TPSA) is 43.9 Å². The highest BCUT2D eigenvalue weighted by molar-refractivity contribution is 6.21. The molecule has 4 nitrogen and oxygen atoms in total. The maximum Gasteiger partial charge on any atom is 0.235 e. The van der Waals surface area contributed by atoms with Gasteiger partial charge in [-0.05, 0) is 35.2 Å². The lowest BCUT2D eigenvalue weighted by atomic mass is 9.99. The van der Waals surface area contributed by atoms with Gasteiger partial charge >= 0.3 is 0 Å². The predicted octanol–water partition coefficient (Wildman–Crippen LogP) is 11.1. The molecule has 0 N–H and O–H groups in total. The number of aromatic nitrogens is 3. The third-order valence-electron chi connectivity index (χ3n) is 9.20. The first-order valence-corrected chi connectivity index (χ1v) is 15.5. The number of nitrogens with zero attached hydrogens (tertiary/aromatic N) is 3. The van der Waals surface area contributed by atoms with Gasteiger partial charge in [0.25, 0.3) is 0 Å². The normalized spacial score (nSPS) is 11.9. The molecule has 0 radical (unpaired) electrons. The molecule has 4 heteroatoms. The van der Waals surface area contributed by atoms with Gasteiger partial charge < -0.3 is 4.42 Å². The fourth-order valence-corrected chi connectivity index (χ4v) is 7.13. The van der Waals surface area contributed by atoms with Crippen molar-refractivity contribution in [2.75, 3.05) is 0 Å². The van der Waals surface area contributed by atoms with Crippen LogP contribution in [0.4, 0.5) is 0 Å². The molecule has 46 heavy (non-hydrogen) atoms. The molecule has 0 atom stereocenters. The standard InChI is InChI=1S/C42H25N3O/c1-2-12-27(13-3-1)39-34-16-6-8-19-36(34)43-42(44-39)45-40-29-14-5-4-11-26(29)21-23-33(40)32-18-10-17-30(41(32)45)28-22-24-38-35(25-28)31-15-7-9-20-37(31)46-38/h1-25H. The van der Waals surface area contributed by atoms with E-state index in [1.165, 1.54) is 10.8 Å². The number of hydrogen-bond donors (Lipinski definition) is 0. The van der Waals surface area contributed by atoms with E-state index in [9.17, 15) is 0 Å². The predicted molar refractivity (Wildman–Crippen MR) is 190 cm³/mol. The first kappa shape index (κ1) is 25.1. The first-order valence-electron chi connectivity index (χ1n) is 15.5. The Bertz CT molecular complexity index is 2810. The molecule has 0 amide bonds. The van der Waals surface area contributed by atoms with Gasteiger partial charge in [0.05, 0.1) is 22.2 Å². The molecule has 0 aliphatic carbocycles. The summed E-state index contributed by atoms with van der Waals surface area (Å²) in [7, 11) is 0. The summed E-state index contributed by atoms with van der Waals surface area (Å²) in [6.07, 6.45) is 0. The van der Waals surface area contributed by atoms with Crippen molar-refractivity contribution in [1.82, 2.24) is 14.5 Å². The summed E-state index contributed by atoms with van der Waals surface area (Å²) in [5.74, 6) is 0.649. The lowest BCUT2D eigenvalue weighted by molar-refractivity contribution is 0.669. The second kappa shape index (κ2) is 9.62. The third kappa shape index (κ3) is 3.61. The molecule has 214 valence electrons. The van der Waals surface area contributed by atoms with E-state index in [2.05, 4.69) is 132 Å². The van der Waals surface area contributed by atoms with Crippen LogP contribution < -0.4 is 0 Å². The Morgan fingerprint density at radius 2 is 1.15 bits per heavy atom. The fraction of sp³-hybridized carbons (Fsp3) is 0. The van der Waals surface area contributed by atoms with Gasteiger partial charge in [-0.25, -0.2) is 9.97 Å². The van der Waals surface area contributed by atoms with E-state index in [-0.39, 0.29) is 0 Å². The Balaban J connectivity index is 1.37. The van der Waals surface area contributed by atoms with E-state index in [4.69, 9.17) is 14.4 Å². The van der Waals surface area contributed by atoms with E-state index in [0.717, 1.165) is 77.0 Å². The number of hydrogen-bond acceptors (Lipinski definition) is 3. The van der Waals surface area contributed by atoms with Crippen molar-refractivity contribution in [3.8, 4) is 28.3 Å². The lowest BCUT2D eigenvalue weighted by Gasteiger charge is -2.14. The molecule has 0 bridgehead atoms. The molecule has 0 saturated carbocycles. The molecule has 0 saturated heterocycles. The molecular formula is C42H25N3O. The highest BCUT2D eigenvalue weighted by Gasteiger charge is 2.22. The third-order valence-corrected chi connectivity index (χ3v) is 9.20. The SMILES string of the molecule is c1ccc(-c2nc(-n3c4c(-c5ccc6oc7ccccc7c6c5)cccc4c4ccc5ccccc5c43)nc3ccccc23)cc1. The van der Waals surface area contributed by atoms with Crippen LogP contribution in [0.5, 0.6) is 0 Å². The molecular weight excluding hydrogens is 562 g/mol. The lowest BCUT2D eigenvalue weighted by Crippen LogP contribution is -2.04. The van der Waals surface area contributed by atoms with Crippen LogP contribution in [0.15, 0.2) is 156 Å². The van der Waals surface area contributed by atoms with Crippen molar-refractivity contribution in [2.45, 2.75) is 0 Å². The van der Waals surface area contributed by atoms with E-state index in [0.29, 0.717) is 5.95 Å². The van der Waals surface area contributed by atoms with Gasteiger partial charge in [-0.1, -0.05) is 127 Å². The summed E-state index contributed by atoms with van der Waals surface area (Å²) in [5.41, 5.74) is 9.07. The molecule has 0 fully saturated rings. The first-order chi connectivity index (χ1) is 22.8. The Morgan fingerprint density at radius 3 is 2.07 bits per heavy atom. The second-order valence-electron chi connectivity index (χ2n) is 11.8. The minimum absolute atomic E-state index is 0.649. The molecule has 0 unspecified atom stereocenters. The fourth-order valence-electron chi connectivity index (χ4n) is 7.13. The highest BCUT2D eigenvalue weighted by Crippen LogP contribution is 2.42. The van der Waals surface area contributed by atoms with Crippen molar-refractivity contribution < 1.29 is 4.42 Å². The summed E-state index contributed by atoms with van der Waals surface area (Å²) < 4.78 is 8.48. The van der Waals surface area contributed by atoms with Gasteiger partial charge in [-0.15, -0.1) is 0 Å². The number of furan rings is 1. The summed E-state index contributed by atoms with van der Waals surface area (Å²) in [6.45, 7) is 0. The Morgan fingerprint density at radius 1 is 0.435 bits per heavy atom. The largest absolute Gasteiger partial charge is 0.456 e. The van der Waals surface area contributed by atoms with Crippen LogP contribution >= 0.6 is 0 Å². The molecule has 3 heterocycles. The summed E-state index contributed by atoms with van der Waals surface area (Å²) in [6, 6.07) is 53.1. The van der Waals surface area contributed by atoms with Gasteiger partial charge in [0.2, 0.25) is 5.95 Å². The maximum atomic E-state index is 6.19. The average Bonchev–Trinajstić information content (AvgIpc) is 3.67. The zero-order valence-corrected chi connectivity index (χ0v) is 24.7. The van der Waals surface area contributed by atoms with Gasteiger partial charge in [-0.3, -0.25) is 4.57 Å². The molecule has 10 aromatic rings. The number of fused-ring (bicyclic) bond motifs is 9. The quantitative estimate of drug-likeness (QED) is 0.207. The minimum atomic E-state index is 0.649. The van der Waals surface area contributed by atoms with Gasteiger partial charge in [0, 0.05) is 43.4 Å². The smallest absolute Gasteiger partial charge is 0.235 e. The van der Waals surface area contributed by atoms with Crippen molar-refractivity contribution in [3.05, 3.63) is 152 Å². The van der Waals surface area contributed by atoms with Crippen molar-refractivity contribution in [3.63, 3.8) is 0 Å². The van der Waals surface area contributed by atoms with Crippen LogP contribution in [-0.4, -0.2) is 14.5 Å². The Kier molecular flexibility index (Phi) is 5.25. The molecule has 0 aliphatic rings. The van der Waals surface area contributed by atoms with E-state index in [1.54, 1.807) is 0 Å². The van der Waals surface area contributed by atoms with Gasteiger partial charge in [0.15, 0.2) is 0 Å². The van der Waals surface area contributed by atoms with Gasteiger partial charge in [0.1, 0.15) is 11.2 Å². The van der Waals surface area contributed by atoms with Crippen LogP contribution in [-0.2, 0) is 0 Å². The molecule has 10 rings (SSSR count). The minimum Gasteiger partial charge on any atom is -0.456 e. The zero-order valence-electron chi connectivity index (χ0n) is 24.7. The molecule has 3 aromatic heterocycles. The van der Waals surface area contributed by atoms with E-state index in [1.807, 2.05) is 24.3 Å². The summed E-state index contributed by atoms with van der Waals surface area (Å²) in [4.78, 5) is 10.6. The van der Waals surface area contributed by atoms with Crippen LogP contribution in [0, 0.1) is 0 Å². The van der Waals surface area contributed by atoms with Crippen LogP contribution in [0.25, 0.3) is 93.8 Å². The Labute approximate surface area is 263 Å². The number of benzene rings is 7. The van der Waals surface area contributed by atoms with Crippen molar-refractivity contribution in [1.29, 1.82) is 0 Å².